The lowest BCUT2D eigenvalue weighted by atomic mass is 10.4. The molecule has 0 aliphatic rings. The molecule has 0 N–H and O–H groups in total. The van der Waals surface area contributed by atoms with E-state index in [9.17, 15) is 21.6 Å². The van der Waals surface area contributed by atoms with Crippen molar-refractivity contribution >= 4 is 21.4 Å². The van der Waals surface area contributed by atoms with Crippen LogP contribution in [-0.2, 0) is 9.84 Å². The van der Waals surface area contributed by atoms with Crippen molar-refractivity contribution in [2.24, 2.45) is 0 Å². The molecule has 1 rings (SSSR count). The van der Waals surface area contributed by atoms with E-state index in [2.05, 4.69) is 0 Å². The summed E-state index contributed by atoms with van der Waals surface area (Å²) in [6.07, 6.45) is -5.84. The van der Waals surface area contributed by atoms with Gasteiger partial charge in [0.1, 0.15) is 0 Å². The van der Waals surface area contributed by atoms with E-state index < -0.39 is 28.2 Å². The van der Waals surface area contributed by atoms with Gasteiger partial charge in [0.25, 0.3) is 0 Å². The van der Waals surface area contributed by atoms with Gasteiger partial charge in [0.2, 0.25) is 0 Å². The molecule has 0 spiro atoms. The first-order valence-electron chi connectivity index (χ1n) is 4.26. The fourth-order valence-electron chi connectivity index (χ4n) is 1.03. The number of rotatable bonds is 3. The highest BCUT2D eigenvalue weighted by molar-refractivity contribution is 7.91. The third-order valence-electron chi connectivity index (χ3n) is 1.81. The number of benzene rings is 1. The normalized spacial score (nSPS) is 12.8. The van der Waals surface area contributed by atoms with Crippen LogP contribution in [0.4, 0.5) is 13.2 Å². The van der Waals surface area contributed by atoms with Gasteiger partial charge in [0.05, 0.1) is 17.1 Å². The molecule has 90 valence electrons. The second-order valence-electron chi connectivity index (χ2n) is 3.14. The van der Waals surface area contributed by atoms with Gasteiger partial charge >= 0.3 is 6.18 Å². The van der Waals surface area contributed by atoms with Crippen molar-refractivity contribution in [2.45, 2.75) is 17.5 Å². The largest absolute Gasteiger partial charge is 0.390 e. The van der Waals surface area contributed by atoms with Crippen LogP contribution in [-0.4, -0.2) is 20.3 Å². The van der Waals surface area contributed by atoms with E-state index in [4.69, 9.17) is 11.6 Å². The summed E-state index contributed by atoms with van der Waals surface area (Å²) in [5.74, 6) is -0.961. The van der Waals surface area contributed by atoms with Crippen LogP contribution in [0.2, 0.25) is 5.02 Å². The Kier molecular flexibility index (Phi) is 3.85. The summed E-state index contributed by atoms with van der Waals surface area (Å²) in [5.41, 5.74) is 0. The van der Waals surface area contributed by atoms with Crippen molar-refractivity contribution in [3.63, 3.8) is 0 Å². The zero-order valence-corrected chi connectivity index (χ0v) is 9.53. The Morgan fingerprint density at radius 2 is 1.88 bits per heavy atom. The average Bonchev–Trinajstić information content (AvgIpc) is 2.14. The van der Waals surface area contributed by atoms with Crippen molar-refractivity contribution in [3.05, 3.63) is 29.3 Å². The Morgan fingerprint density at radius 1 is 1.25 bits per heavy atom. The molecule has 0 amide bonds. The topological polar surface area (TPSA) is 34.1 Å². The molecule has 0 radical (unpaired) electrons. The van der Waals surface area contributed by atoms with Gasteiger partial charge < -0.3 is 0 Å². The summed E-state index contributed by atoms with van der Waals surface area (Å²) in [6, 6.07) is 5.18. The smallest absolute Gasteiger partial charge is 0.224 e. The molecule has 0 saturated carbocycles. The second-order valence-corrected chi connectivity index (χ2v) is 5.69. The second kappa shape index (κ2) is 4.63. The van der Waals surface area contributed by atoms with Crippen LogP contribution in [0.5, 0.6) is 0 Å². The lowest BCUT2D eigenvalue weighted by Gasteiger charge is -2.07. The quantitative estimate of drug-likeness (QED) is 0.847. The first kappa shape index (κ1) is 13.3. The average molecular weight is 273 g/mol. The van der Waals surface area contributed by atoms with Gasteiger partial charge in [-0.2, -0.15) is 13.2 Å². The molecule has 0 aliphatic heterocycles. The maximum atomic E-state index is 11.9. The van der Waals surface area contributed by atoms with Crippen LogP contribution < -0.4 is 0 Å². The zero-order valence-electron chi connectivity index (χ0n) is 7.96. The summed E-state index contributed by atoms with van der Waals surface area (Å²) in [6.45, 7) is 0. The third-order valence-corrected chi connectivity index (χ3v) is 3.76. The van der Waals surface area contributed by atoms with Gasteiger partial charge in [-0.1, -0.05) is 17.7 Å². The Hall–Kier alpha value is -0.750. The SMILES string of the molecule is O=S(=O)(CCC(F)(F)F)c1cccc(Cl)c1. The van der Waals surface area contributed by atoms with Crippen molar-refractivity contribution in [1.29, 1.82) is 0 Å². The van der Waals surface area contributed by atoms with Crippen molar-refractivity contribution in [2.75, 3.05) is 5.75 Å². The first-order chi connectivity index (χ1) is 7.21. The van der Waals surface area contributed by atoms with Crippen LogP contribution in [0.1, 0.15) is 6.42 Å². The summed E-state index contributed by atoms with van der Waals surface area (Å²) in [4.78, 5) is -0.191. The lowest BCUT2D eigenvalue weighted by Crippen LogP contribution is -2.16. The van der Waals surface area contributed by atoms with E-state index in [1.807, 2.05) is 0 Å². The van der Waals surface area contributed by atoms with Gasteiger partial charge in [0, 0.05) is 5.02 Å². The third kappa shape index (κ3) is 4.02. The molecule has 1 aromatic rings. The Labute approximate surface area is 96.0 Å². The van der Waals surface area contributed by atoms with Crippen molar-refractivity contribution in [1.82, 2.24) is 0 Å². The minimum Gasteiger partial charge on any atom is -0.224 e. The van der Waals surface area contributed by atoms with E-state index in [-0.39, 0.29) is 9.92 Å². The predicted molar refractivity (Wildman–Crippen MR) is 54.2 cm³/mol. The summed E-state index contributed by atoms with van der Waals surface area (Å²) >= 11 is 5.55. The van der Waals surface area contributed by atoms with Crippen LogP contribution in [0.3, 0.4) is 0 Å². The van der Waals surface area contributed by atoms with Crippen LogP contribution in [0.25, 0.3) is 0 Å². The number of sulfone groups is 1. The Morgan fingerprint density at radius 3 is 2.38 bits per heavy atom. The molecular weight excluding hydrogens is 265 g/mol. The first-order valence-corrected chi connectivity index (χ1v) is 6.29. The molecule has 1 aromatic carbocycles. The highest BCUT2D eigenvalue weighted by Gasteiger charge is 2.30. The van der Waals surface area contributed by atoms with E-state index in [1.54, 1.807) is 0 Å². The van der Waals surface area contributed by atoms with Crippen LogP contribution >= 0.6 is 11.6 Å². The molecule has 16 heavy (non-hydrogen) atoms. The standard InChI is InChI=1S/C9H8ClF3O2S/c10-7-2-1-3-8(6-7)16(14,15)5-4-9(11,12)13/h1-3,6H,4-5H2. The number of alkyl halides is 3. The fraction of sp³-hybridized carbons (Fsp3) is 0.333. The van der Waals surface area contributed by atoms with E-state index in [1.165, 1.54) is 18.2 Å². The summed E-state index contributed by atoms with van der Waals surface area (Å²) in [7, 11) is -3.92. The minimum atomic E-state index is -4.48. The van der Waals surface area contributed by atoms with Gasteiger partial charge in [-0.25, -0.2) is 8.42 Å². The Bertz CT molecular complexity index is 468. The molecule has 0 fully saturated rings. The molecule has 0 atom stereocenters. The van der Waals surface area contributed by atoms with Crippen LogP contribution in [0, 0.1) is 0 Å². The maximum absolute atomic E-state index is 11.9. The van der Waals surface area contributed by atoms with E-state index >= 15 is 0 Å². The molecule has 0 heterocycles. The summed E-state index contributed by atoms with van der Waals surface area (Å²) in [5, 5.41) is 0.174. The Balaban J connectivity index is 2.87. The van der Waals surface area contributed by atoms with Gasteiger partial charge in [0.15, 0.2) is 9.84 Å². The number of halogens is 4. The molecule has 7 heteroatoms. The van der Waals surface area contributed by atoms with Gasteiger partial charge in [-0.3, -0.25) is 0 Å². The molecule has 0 aromatic heterocycles. The fourth-order valence-corrected chi connectivity index (χ4v) is 2.61. The molecular formula is C9H8ClF3O2S. The molecule has 0 aliphatic carbocycles. The minimum absolute atomic E-state index is 0.174. The number of hydrogen-bond donors (Lipinski definition) is 0. The van der Waals surface area contributed by atoms with Crippen molar-refractivity contribution in [3.8, 4) is 0 Å². The molecule has 0 saturated heterocycles. The highest BCUT2D eigenvalue weighted by Crippen LogP contribution is 2.23. The molecule has 0 bridgehead atoms. The lowest BCUT2D eigenvalue weighted by molar-refractivity contribution is -0.129. The van der Waals surface area contributed by atoms with Gasteiger partial charge in [-0.05, 0) is 18.2 Å². The zero-order chi connectivity index (χ0) is 12.4. The highest BCUT2D eigenvalue weighted by atomic mass is 35.5. The summed E-state index contributed by atoms with van der Waals surface area (Å²) < 4.78 is 58.6. The predicted octanol–water partition coefficient (Wildman–Crippen LogP) is 3.07. The van der Waals surface area contributed by atoms with E-state index in [0.717, 1.165) is 6.07 Å². The molecule has 2 nitrogen and oxygen atoms in total. The van der Waals surface area contributed by atoms with E-state index in [0.29, 0.717) is 0 Å². The number of hydrogen-bond acceptors (Lipinski definition) is 2. The van der Waals surface area contributed by atoms with Crippen molar-refractivity contribution < 1.29 is 21.6 Å². The van der Waals surface area contributed by atoms with Crippen LogP contribution in [0.15, 0.2) is 29.2 Å². The maximum Gasteiger partial charge on any atom is 0.390 e. The molecule has 0 unspecified atom stereocenters. The van der Waals surface area contributed by atoms with Gasteiger partial charge in [-0.15, -0.1) is 0 Å². The monoisotopic (exact) mass is 272 g/mol.